The molecule has 10 nitrogen and oxygen atoms in total. The van der Waals surface area contributed by atoms with Gasteiger partial charge in [-0.3, -0.25) is 24.0 Å². The summed E-state index contributed by atoms with van der Waals surface area (Å²) in [6.07, 6.45) is 2.04. The third-order valence-corrected chi connectivity index (χ3v) is 7.02. The Balaban J connectivity index is 1.70. The lowest BCUT2D eigenvalue weighted by atomic mass is 9.87. The lowest BCUT2D eigenvalue weighted by Crippen LogP contribution is -2.55. The number of aryl methyl sites for hydroxylation is 1. The summed E-state index contributed by atoms with van der Waals surface area (Å²) in [5, 5.41) is 10.8. The van der Waals surface area contributed by atoms with Crippen molar-refractivity contribution in [3.05, 3.63) is 28.8 Å². The largest absolute Gasteiger partial charge is 0.434 e. The second kappa shape index (κ2) is 14.1. The van der Waals surface area contributed by atoms with Crippen molar-refractivity contribution < 1.29 is 37.5 Å². The van der Waals surface area contributed by atoms with E-state index in [1.54, 1.807) is 0 Å². The molecule has 1 saturated heterocycles. The van der Waals surface area contributed by atoms with Crippen LogP contribution < -0.4 is 26.0 Å². The Bertz CT molecular complexity index is 1150. The van der Waals surface area contributed by atoms with Crippen LogP contribution in [-0.2, 0) is 30.4 Å². The zero-order valence-electron chi connectivity index (χ0n) is 23.4. The van der Waals surface area contributed by atoms with E-state index in [9.17, 15) is 32.8 Å². The normalized spacial score (nSPS) is 18.3. The maximum Gasteiger partial charge on any atom is 0.387 e. The molecule has 1 aromatic carbocycles. The average molecular weight is 599 g/mol. The molecule has 41 heavy (non-hydrogen) atoms. The van der Waals surface area contributed by atoms with Gasteiger partial charge in [0.05, 0.1) is 6.04 Å². The second-order valence-corrected chi connectivity index (χ2v) is 12.1. The number of alkyl halides is 2. The molecule has 1 aliphatic heterocycles. The van der Waals surface area contributed by atoms with Crippen LogP contribution in [0.4, 0.5) is 8.78 Å². The summed E-state index contributed by atoms with van der Waals surface area (Å²) in [4.78, 5) is 64.1. The number of amides is 4. The molecule has 3 rings (SSSR count). The van der Waals surface area contributed by atoms with Gasteiger partial charge >= 0.3 is 6.61 Å². The third-order valence-electron chi connectivity index (χ3n) is 6.79. The Kier molecular flexibility index (Phi) is 11.1. The molecule has 2 fully saturated rings. The van der Waals surface area contributed by atoms with E-state index in [1.807, 2.05) is 20.8 Å². The first kappa shape index (κ1) is 32.2. The van der Waals surface area contributed by atoms with Crippen molar-refractivity contribution in [2.24, 2.45) is 11.3 Å². The third kappa shape index (κ3) is 10.6. The first-order valence-electron chi connectivity index (χ1n) is 13.7. The Morgan fingerprint density at radius 2 is 1.80 bits per heavy atom. The molecule has 1 heterocycles. The number of hydrogen-bond donors (Lipinski definition) is 4. The topological polar surface area (TPSA) is 143 Å². The number of Topliss-reactive ketones (excluding diaryl/α,β-unsaturated/α-hetero) is 1. The molecule has 226 valence electrons. The van der Waals surface area contributed by atoms with Gasteiger partial charge in [0, 0.05) is 29.9 Å². The van der Waals surface area contributed by atoms with E-state index in [0.717, 1.165) is 12.8 Å². The quantitative estimate of drug-likeness (QED) is 0.243. The minimum Gasteiger partial charge on any atom is -0.434 e. The number of benzene rings is 1. The summed E-state index contributed by atoms with van der Waals surface area (Å²) in [6, 6.07) is 1.82. The molecule has 13 heteroatoms. The van der Waals surface area contributed by atoms with E-state index in [-0.39, 0.29) is 48.4 Å². The molecule has 1 aromatic rings. The fourth-order valence-electron chi connectivity index (χ4n) is 4.58. The van der Waals surface area contributed by atoms with E-state index in [0.29, 0.717) is 18.5 Å². The van der Waals surface area contributed by atoms with Crippen LogP contribution in [0.1, 0.15) is 64.9 Å². The van der Waals surface area contributed by atoms with Gasteiger partial charge in [-0.2, -0.15) is 8.78 Å². The van der Waals surface area contributed by atoms with Crippen molar-refractivity contribution in [3.63, 3.8) is 0 Å². The van der Waals surface area contributed by atoms with Crippen LogP contribution in [0.3, 0.4) is 0 Å². The first-order chi connectivity index (χ1) is 19.2. The summed E-state index contributed by atoms with van der Waals surface area (Å²) in [6.45, 7) is 2.98. The molecule has 1 aliphatic carbocycles. The molecular formula is C28H37ClF2N4O6. The van der Waals surface area contributed by atoms with Crippen LogP contribution >= 0.6 is 11.6 Å². The van der Waals surface area contributed by atoms with E-state index >= 15 is 0 Å². The number of carbonyl (C=O) groups is 5. The summed E-state index contributed by atoms with van der Waals surface area (Å²) in [5.41, 5.74) is -0.0818. The number of hydrogen-bond acceptors (Lipinski definition) is 6. The molecule has 4 amide bonds. The first-order valence-corrected chi connectivity index (χ1v) is 14.0. The van der Waals surface area contributed by atoms with Gasteiger partial charge in [0.15, 0.2) is 0 Å². The van der Waals surface area contributed by atoms with E-state index in [1.165, 1.54) is 18.2 Å². The van der Waals surface area contributed by atoms with Crippen LogP contribution in [0.2, 0.25) is 5.02 Å². The van der Waals surface area contributed by atoms with Crippen molar-refractivity contribution in [1.29, 1.82) is 0 Å². The highest BCUT2D eigenvalue weighted by atomic mass is 35.5. The molecular weight excluding hydrogens is 562 g/mol. The molecule has 2 aliphatic rings. The molecule has 4 N–H and O–H groups in total. The van der Waals surface area contributed by atoms with Gasteiger partial charge < -0.3 is 26.0 Å². The van der Waals surface area contributed by atoms with E-state index in [2.05, 4.69) is 26.0 Å². The van der Waals surface area contributed by atoms with Crippen molar-refractivity contribution in [1.82, 2.24) is 21.3 Å². The molecule has 3 atom stereocenters. The summed E-state index contributed by atoms with van der Waals surface area (Å²) in [5.74, 6) is -3.81. The molecule has 1 saturated carbocycles. The average Bonchev–Trinajstić information content (AvgIpc) is 3.59. The molecule has 2 unspecified atom stereocenters. The monoisotopic (exact) mass is 598 g/mol. The zero-order valence-corrected chi connectivity index (χ0v) is 24.1. The van der Waals surface area contributed by atoms with Gasteiger partial charge in [-0.05, 0) is 61.6 Å². The predicted molar refractivity (Wildman–Crippen MR) is 146 cm³/mol. The van der Waals surface area contributed by atoms with Gasteiger partial charge in [-0.1, -0.05) is 38.4 Å². The Labute approximate surface area is 242 Å². The Morgan fingerprint density at radius 1 is 1.10 bits per heavy atom. The fraction of sp³-hybridized carbons (Fsp3) is 0.607. The summed E-state index contributed by atoms with van der Waals surface area (Å²) in [7, 11) is 0. The number of rotatable bonds is 14. The smallest absolute Gasteiger partial charge is 0.387 e. The van der Waals surface area contributed by atoms with Crippen LogP contribution in [0.25, 0.3) is 0 Å². The van der Waals surface area contributed by atoms with Gasteiger partial charge in [0.25, 0.3) is 5.91 Å². The highest BCUT2D eigenvalue weighted by molar-refractivity contribution is 6.38. The van der Waals surface area contributed by atoms with Crippen molar-refractivity contribution in [3.8, 4) is 5.75 Å². The fourth-order valence-corrected chi connectivity index (χ4v) is 4.74. The molecule has 0 radical (unpaired) electrons. The second-order valence-electron chi connectivity index (χ2n) is 11.7. The maximum absolute atomic E-state index is 13.4. The lowest BCUT2D eigenvalue weighted by molar-refractivity contribution is -0.141. The number of carbonyl (C=O) groups excluding carboxylic acids is 5. The number of ketones is 1. The van der Waals surface area contributed by atoms with Crippen molar-refractivity contribution >= 4 is 41.0 Å². The Morgan fingerprint density at radius 3 is 2.39 bits per heavy atom. The number of ether oxygens (including phenoxy) is 1. The molecule has 0 bridgehead atoms. The van der Waals surface area contributed by atoms with E-state index in [4.69, 9.17) is 11.6 Å². The highest BCUT2D eigenvalue weighted by Gasteiger charge is 2.37. The van der Waals surface area contributed by atoms with Gasteiger partial charge in [-0.15, -0.1) is 0 Å². The van der Waals surface area contributed by atoms with Crippen LogP contribution in [0, 0.1) is 11.3 Å². The molecule has 0 aromatic heterocycles. The minimum absolute atomic E-state index is 0.0359. The SMILES string of the molecule is CC(C)(C)C[C@H](NC(=O)CCc1ccc(Cl)cc1OC(F)F)C(=O)NC(CC1CCNC1=O)C(=O)C(=O)NC1CC1. The van der Waals surface area contributed by atoms with E-state index < -0.39 is 53.5 Å². The van der Waals surface area contributed by atoms with Gasteiger partial charge in [-0.25, -0.2) is 0 Å². The van der Waals surface area contributed by atoms with Crippen molar-refractivity contribution in [2.75, 3.05) is 6.54 Å². The summed E-state index contributed by atoms with van der Waals surface area (Å²) >= 11 is 5.88. The standard InChI is InChI=1S/C28H37ClF2N4O6/c1-28(2,3)14-20(34-22(36)9-5-15-4-6-17(29)13-21(15)41-27(30)31)25(39)35-19(12-16-10-11-32-24(16)38)23(37)26(40)33-18-7-8-18/h4,6,13,16,18-20,27H,5,7-12,14H2,1-3H3,(H,32,38)(H,33,40)(H,34,36)(H,35,39)/t16?,19?,20-/m0/s1. The summed E-state index contributed by atoms with van der Waals surface area (Å²) < 4.78 is 30.1. The van der Waals surface area contributed by atoms with Gasteiger partial charge in [0.2, 0.25) is 23.5 Å². The van der Waals surface area contributed by atoms with Crippen LogP contribution in [-0.4, -0.2) is 60.7 Å². The Hall–Kier alpha value is -3.28. The number of halogens is 3. The van der Waals surface area contributed by atoms with Crippen molar-refractivity contribution in [2.45, 2.75) is 90.5 Å². The lowest BCUT2D eigenvalue weighted by Gasteiger charge is -2.28. The van der Waals surface area contributed by atoms with Crippen LogP contribution in [0.5, 0.6) is 5.75 Å². The van der Waals surface area contributed by atoms with Gasteiger partial charge in [0.1, 0.15) is 11.8 Å². The zero-order chi connectivity index (χ0) is 30.3. The minimum atomic E-state index is -3.07. The molecule has 0 spiro atoms. The predicted octanol–water partition coefficient (Wildman–Crippen LogP) is 2.65. The maximum atomic E-state index is 13.4. The van der Waals surface area contributed by atoms with Crippen LogP contribution in [0.15, 0.2) is 18.2 Å². The number of nitrogens with one attached hydrogen (secondary N) is 4. The highest BCUT2D eigenvalue weighted by Crippen LogP contribution is 2.27.